The van der Waals surface area contributed by atoms with E-state index in [0.717, 1.165) is 31.7 Å². The summed E-state index contributed by atoms with van der Waals surface area (Å²) in [5.74, 6) is 0. The Morgan fingerprint density at radius 2 is 1.96 bits per heavy atom. The minimum absolute atomic E-state index is 0.0576. The van der Waals surface area contributed by atoms with E-state index in [1.165, 1.54) is 23.8 Å². The number of ether oxygens (including phenoxy) is 2. The first kappa shape index (κ1) is 18.8. The number of fused-ring (bicyclic) bond motifs is 1. The fourth-order valence-corrected chi connectivity index (χ4v) is 2.57. The minimum Gasteiger partial charge on any atom is -0.381 e. The first-order valence-corrected chi connectivity index (χ1v) is 8.38. The number of benzene rings is 1. The van der Waals surface area contributed by atoms with Gasteiger partial charge in [0.05, 0.1) is 6.61 Å². The molecule has 1 N–H and O–H groups in total. The Balaban J connectivity index is 0.000000355. The number of hydrogen-bond donors (Lipinski definition) is 1. The number of H-pyrrole nitrogens is 1. The van der Waals surface area contributed by atoms with Gasteiger partial charge in [0.1, 0.15) is 0 Å². The molecule has 0 unspecified atom stereocenters. The van der Waals surface area contributed by atoms with Crippen molar-refractivity contribution >= 4 is 10.9 Å². The lowest BCUT2D eigenvalue weighted by Gasteiger charge is -2.16. The van der Waals surface area contributed by atoms with Crippen LogP contribution in [0.2, 0.25) is 0 Å². The van der Waals surface area contributed by atoms with Crippen LogP contribution in [-0.2, 0) is 15.9 Å². The number of hydrogen-bond acceptors (Lipinski definition) is 3. The molecule has 0 atom stereocenters. The van der Waals surface area contributed by atoms with Crippen LogP contribution in [0.5, 0.6) is 0 Å². The first-order valence-electron chi connectivity index (χ1n) is 8.38. The summed E-state index contributed by atoms with van der Waals surface area (Å²) in [5.41, 5.74) is 2.37. The Morgan fingerprint density at radius 1 is 1.21 bits per heavy atom. The highest BCUT2D eigenvalue weighted by Gasteiger charge is 2.06. The van der Waals surface area contributed by atoms with Crippen LogP contribution in [0.1, 0.15) is 18.4 Å². The third kappa shape index (κ3) is 6.55. The van der Waals surface area contributed by atoms with E-state index >= 15 is 0 Å². The number of para-hydroxylation sites is 1. The van der Waals surface area contributed by atoms with Crippen LogP contribution in [0.15, 0.2) is 30.5 Å². The average molecular weight is 340 g/mol. The van der Waals surface area contributed by atoms with Gasteiger partial charge in [0.15, 0.2) is 0 Å². The van der Waals surface area contributed by atoms with Crippen molar-refractivity contribution < 1.29 is 18.3 Å². The summed E-state index contributed by atoms with van der Waals surface area (Å²) in [6, 6.07) is 8.14. The van der Waals surface area contributed by atoms with Crippen LogP contribution in [0.25, 0.3) is 10.9 Å². The lowest BCUT2D eigenvalue weighted by Crippen LogP contribution is -2.26. The summed E-state index contributed by atoms with van der Waals surface area (Å²) >= 11 is 0. The SMILES string of the molecule is C1CCOC1.CN(CCOC(F)F)CCc1c[nH]c2ccccc12. The molecule has 0 spiro atoms. The van der Waals surface area contributed by atoms with Crippen molar-refractivity contribution in [2.45, 2.75) is 25.9 Å². The van der Waals surface area contributed by atoms with Crippen molar-refractivity contribution in [3.05, 3.63) is 36.0 Å². The number of halogens is 2. The lowest BCUT2D eigenvalue weighted by molar-refractivity contribution is -0.131. The Bertz CT molecular complexity index is 578. The second-order valence-corrected chi connectivity index (χ2v) is 5.86. The molecule has 1 aromatic heterocycles. The van der Waals surface area contributed by atoms with E-state index in [1.54, 1.807) is 0 Å². The van der Waals surface area contributed by atoms with Crippen molar-refractivity contribution in [1.29, 1.82) is 0 Å². The van der Waals surface area contributed by atoms with E-state index in [-0.39, 0.29) is 6.61 Å². The number of likely N-dealkylation sites (N-methyl/N-ethyl adjacent to an activating group) is 1. The topological polar surface area (TPSA) is 37.5 Å². The summed E-state index contributed by atoms with van der Waals surface area (Å²) in [7, 11) is 1.91. The van der Waals surface area contributed by atoms with Gasteiger partial charge in [-0.2, -0.15) is 8.78 Å². The summed E-state index contributed by atoms with van der Waals surface area (Å²) in [5, 5.41) is 1.22. The van der Waals surface area contributed by atoms with Gasteiger partial charge in [0.2, 0.25) is 0 Å². The maximum Gasteiger partial charge on any atom is 0.345 e. The van der Waals surface area contributed by atoms with E-state index in [2.05, 4.69) is 15.8 Å². The van der Waals surface area contributed by atoms with Crippen molar-refractivity contribution in [1.82, 2.24) is 9.88 Å². The van der Waals surface area contributed by atoms with Gasteiger partial charge in [-0.1, -0.05) is 18.2 Å². The molecule has 0 aliphatic carbocycles. The number of nitrogens with one attached hydrogen (secondary N) is 1. The van der Waals surface area contributed by atoms with Crippen LogP contribution in [-0.4, -0.2) is 56.5 Å². The largest absolute Gasteiger partial charge is 0.381 e. The zero-order valence-electron chi connectivity index (χ0n) is 14.1. The van der Waals surface area contributed by atoms with E-state index in [1.807, 2.05) is 36.3 Å². The van der Waals surface area contributed by atoms with Crippen molar-refractivity contribution in [3.8, 4) is 0 Å². The minimum atomic E-state index is -2.68. The van der Waals surface area contributed by atoms with Crippen LogP contribution in [0.3, 0.4) is 0 Å². The van der Waals surface area contributed by atoms with Gasteiger partial charge in [0, 0.05) is 43.4 Å². The molecule has 1 saturated heterocycles. The predicted octanol–water partition coefficient (Wildman–Crippen LogP) is 3.68. The molecule has 1 fully saturated rings. The van der Waals surface area contributed by atoms with E-state index in [0.29, 0.717) is 6.54 Å². The fourth-order valence-electron chi connectivity index (χ4n) is 2.57. The summed E-state index contributed by atoms with van der Waals surface area (Å²) in [6.07, 6.45) is 5.45. The monoisotopic (exact) mass is 340 g/mol. The molecule has 1 aromatic carbocycles. The predicted molar refractivity (Wildman–Crippen MR) is 91.5 cm³/mol. The number of alkyl halides is 2. The Labute approximate surface area is 141 Å². The van der Waals surface area contributed by atoms with Gasteiger partial charge in [-0.3, -0.25) is 0 Å². The molecule has 4 nitrogen and oxygen atoms in total. The van der Waals surface area contributed by atoms with Gasteiger partial charge in [0.25, 0.3) is 0 Å². The van der Waals surface area contributed by atoms with Crippen molar-refractivity contribution in [3.63, 3.8) is 0 Å². The summed E-state index contributed by atoms with van der Waals surface area (Å²) in [6.45, 7) is 0.699. The van der Waals surface area contributed by atoms with Crippen LogP contribution >= 0.6 is 0 Å². The third-order valence-electron chi connectivity index (χ3n) is 3.98. The van der Waals surface area contributed by atoms with Gasteiger partial charge >= 0.3 is 6.61 Å². The van der Waals surface area contributed by atoms with Crippen LogP contribution < -0.4 is 0 Å². The van der Waals surface area contributed by atoms with Crippen molar-refractivity contribution in [2.75, 3.05) is 40.0 Å². The van der Waals surface area contributed by atoms with Gasteiger partial charge in [-0.15, -0.1) is 0 Å². The average Bonchev–Trinajstić information content (AvgIpc) is 3.26. The highest BCUT2D eigenvalue weighted by Crippen LogP contribution is 2.18. The fraction of sp³-hybridized carbons (Fsp3) is 0.556. The zero-order chi connectivity index (χ0) is 17.2. The maximum absolute atomic E-state index is 11.8. The van der Waals surface area contributed by atoms with E-state index in [4.69, 9.17) is 4.74 Å². The Kier molecular flexibility index (Phi) is 8.15. The van der Waals surface area contributed by atoms with E-state index < -0.39 is 6.61 Å². The molecule has 0 bridgehead atoms. The highest BCUT2D eigenvalue weighted by molar-refractivity contribution is 5.83. The van der Waals surface area contributed by atoms with E-state index in [9.17, 15) is 8.78 Å². The van der Waals surface area contributed by atoms with Gasteiger partial charge in [-0.25, -0.2) is 0 Å². The van der Waals surface area contributed by atoms with Gasteiger partial charge in [-0.05, 0) is 37.9 Å². The first-order chi connectivity index (χ1) is 11.7. The standard InChI is InChI=1S/C14H18F2N2O.C4H8O/c1-18(8-9-19-14(15)16)7-6-11-10-17-13-5-3-2-4-12(11)13;1-2-4-5-3-1/h2-5,10,14,17H,6-9H2,1H3;1-4H2. The van der Waals surface area contributed by atoms with Crippen LogP contribution in [0.4, 0.5) is 8.78 Å². The molecule has 134 valence electrons. The lowest BCUT2D eigenvalue weighted by atomic mass is 10.1. The second-order valence-electron chi connectivity index (χ2n) is 5.86. The van der Waals surface area contributed by atoms with Crippen molar-refractivity contribution in [2.24, 2.45) is 0 Å². The molecule has 0 saturated carbocycles. The number of aromatic amines is 1. The molecule has 0 amide bonds. The molecule has 24 heavy (non-hydrogen) atoms. The number of rotatable bonds is 7. The second kappa shape index (κ2) is 10.4. The molecule has 1 aliphatic heterocycles. The quantitative estimate of drug-likeness (QED) is 0.835. The Hall–Kier alpha value is -1.50. The third-order valence-corrected chi connectivity index (χ3v) is 3.98. The molecule has 6 heteroatoms. The molecule has 2 heterocycles. The molecule has 3 rings (SSSR count). The molecule has 0 radical (unpaired) electrons. The number of aromatic nitrogens is 1. The normalized spacial score (nSPS) is 14.4. The zero-order valence-corrected chi connectivity index (χ0v) is 14.1. The molecule has 1 aliphatic rings. The highest BCUT2D eigenvalue weighted by atomic mass is 19.3. The molecular formula is C18H26F2N2O2. The number of nitrogens with zero attached hydrogens (tertiary/aromatic N) is 1. The Morgan fingerprint density at radius 3 is 2.62 bits per heavy atom. The summed E-state index contributed by atoms with van der Waals surface area (Å²) < 4.78 is 32.8. The maximum atomic E-state index is 11.8. The molecule has 2 aromatic rings. The smallest absolute Gasteiger partial charge is 0.345 e. The van der Waals surface area contributed by atoms with Crippen LogP contribution in [0, 0.1) is 0 Å². The van der Waals surface area contributed by atoms with Gasteiger partial charge < -0.3 is 19.4 Å². The molecular weight excluding hydrogens is 314 g/mol. The summed E-state index contributed by atoms with van der Waals surface area (Å²) in [4.78, 5) is 5.22.